The topological polar surface area (TPSA) is 122 Å². The highest BCUT2D eigenvalue weighted by Gasteiger charge is 2.32. The van der Waals surface area contributed by atoms with Crippen molar-refractivity contribution >= 4 is 33.3 Å². The number of hydrogen-bond donors (Lipinski definition) is 2. The van der Waals surface area contributed by atoms with Gasteiger partial charge in [-0.15, -0.1) is 5.10 Å². The van der Waals surface area contributed by atoms with Crippen LogP contribution in [0.4, 0.5) is 5.95 Å². The fourth-order valence-electron chi connectivity index (χ4n) is 4.29. The molecule has 2 N–H and O–H groups in total. The molecule has 1 saturated heterocycles. The Morgan fingerprint density at radius 3 is 2.66 bits per heavy atom. The summed E-state index contributed by atoms with van der Waals surface area (Å²) in [5, 5.41) is 14.0. The second kappa shape index (κ2) is 15.6. The van der Waals surface area contributed by atoms with Crippen molar-refractivity contribution in [1.82, 2.24) is 29.9 Å². The lowest BCUT2D eigenvalue weighted by atomic mass is 9.96. The Labute approximate surface area is 214 Å². The monoisotopic (exact) mass is 529 g/mol. The molecule has 0 aromatic carbocycles. The number of ether oxygens (including phenoxy) is 1. The molecule has 0 unspecified atom stereocenters. The number of unbranched alkanes of at least 4 members (excludes halogenated alkanes) is 3. The number of hydrogen-bond acceptors (Lipinski definition) is 9. The molecule has 35 heavy (non-hydrogen) atoms. The Hall–Kier alpha value is -1.51. The molecule has 198 valence electrons. The average Bonchev–Trinajstić information content (AvgIpc) is 2.87. The number of anilines is 1. The van der Waals surface area contributed by atoms with Crippen molar-refractivity contribution in [3.05, 3.63) is 12.4 Å². The third kappa shape index (κ3) is 10.6. The Morgan fingerprint density at radius 1 is 1.14 bits per heavy atom. The Bertz CT molecular complexity index is 835. The van der Waals surface area contributed by atoms with Gasteiger partial charge >= 0.3 is 0 Å². The van der Waals surface area contributed by atoms with Gasteiger partial charge in [-0.25, -0.2) is 13.4 Å². The van der Waals surface area contributed by atoms with Gasteiger partial charge in [0.1, 0.15) is 0 Å². The molecule has 0 bridgehead atoms. The molecular weight excluding hydrogens is 490 g/mol. The van der Waals surface area contributed by atoms with Crippen LogP contribution in [-0.4, -0.2) is 95.9 Å². The maximum atomic E-state index is 13.2. The van der Waals surface area contributed by atoms with Crippen molar-refractivity contribution in [2.75, 3.05) is 57.1 Å². The van der Waals surface area contributed by atoms with Crippen molar-refractivity contribution in [2.45, 2.75) is 63.8 Å². The highest BCUT2D eigenvalue weighted by molar-refractivity contribution is 7.88. The van der Waals surface area contributed by atoms with E-state index in [-0.39, 0.29) is 11.8 Å². The van der Waals surface area contributed by atoms with Gasteiger partial charge in [0.2, 0.25) is 16.0 Å². The van der Waals surface area contributed by atoms with Gasteiger partial charge in [0.05, 0.1) is 44.0 Å². The van der Waals surface area contributed by atoms with E-state index in [1.54, 1.807) is 0 Å². The van der Waals surface area contributed by atoms with E-state index >= 15 is 0 Å². The number of hydroxylamine groups is 1. The summed E-state index contributed by atoms with van der Waals surface area (Å²) >= 11 is 5.21. The van der Waals surface area contributed by atoms with Crippen LogP contribution in [0.1, 0.15) is 57.8 Å². The zero-order chi connectivity index (χ0) is 24.8. The predicted octanol–water partition coefficient (Wildman–Crippen LogP) is 1.95. The molecule has 0 radical (unpaired) electrons. The number of nitrogens with one attached hydrogen (secondary N) is 2. The van der Waals surface area contributed by atoms with Crippen LogP contribution in [0.2, 0.25) is 0 Å². The predicted molar refractivity (Wildman–Crippen MR) is 138 cm³/mol. The van der Waals surface area contributed by atoms with E-state index in [1.807, 2.05) is 0 Å². The first kappa shape index (κ1) is 28.1. The van der Waals surface area contributed by atoms with Crippen molar-refractivity contribution in [3.8, 4) is 0 Å². The summed E-state index contributed by atoms with van der Waals surface area (Å²) in [4.78, 5) is 12.2. The smallest absolute Gasteiger partial charge is 0.248 e. The van der Waals surface area contributed by atoms with Gasteiger partial charge in [-0.1, -0.05) is 36.6 Å². The Balaban J connectivity index is 1.34. The van der Waals surface area contributed by atoms with E-state index in [4.69, 9.17) is 21.8 Å². The largest absolute Gasteiger partial charge is 0.379 e. The van der Waals surface area contributed by atoms with Gasteiger partial charge in [0, 0.05) is 26.2 Å². The highest BCUT2D eigenvalue weighted by atomic mass is 32.2. The van der Waals surface area contributed by atoms with Crippen LogP contribution in [0.25, 0.3) is 0 Å². The molecule has 2 fully saturated rings. The fraction of sp³-hybridized carbons (Fsp3) is 0.818. The molecule has 1 aliphatic carbocycles. The summed E-state index contributed by atoms with van der Waals surface area (Å²) < 4.78 is 33.1. The maximum absolute atomic E-state index is 13.2. The first-order chi connectivity index (χ1) is 17.0. The molecule has 1 aromatic rings. The number of morpholine rings is 1. The molecule has 2 heterocycles. The van der Waals surface area contributed by atoms with Gasteiger partial charge in [-0.05, 0) is 37.9 Å². The minimum absolute atomic E-state index is 0.0417. The van der Waals surface area contributed by atoms with Crippen molar-refractivity contribution in [1.29, 1.82) is 0 Å². The minimum atomic E-state index is -3.46. The van der Waals surface area contributed by atoms with E-state index in [0.717, 1.165) is 77.8 Å². The van der Waals surface area contributed by atoms with E-state index in [9.17, 15) is 8.42 Å². The molecule has 0 amide bonds. The van der Waals surface area contributed by atoms with Gasteiger partial charge in [0.25, 0.3) is 0 Å². The van der Waals surface area contributed by atoms with Crippen LogP contribution in [-0.2, 0) is 19.6 Å². The van der Waals surface area contributed by atoms with Crippen LogP contribution < -0.4 is 10.6 Å². The quantitative estimate of drug-likeness (QED) is 0.209. The van der Waals surface area contributed by atoms with Crippen molar-refractivity contribution in [3.63, 3.8) is 0 Å². The lowest BCUT2D eigenvalue weighted by molar-refractivity contribution is -0.126. The van der Waals surface area contributed by atoms with Gasteiger partial charge in [-0.3, -0.25) is 15.1 Å². The molecule has 2 aliphatic rings. The summed E-state index contributed by atoms with van der Waals surface area (Å²) in [5.74, 6) is 0.470. The summed E-state index contributed by atoms with van der Waals surface area (Å²) in [5.41, 5.74) is 0. The molecule has 1 saturated carbocycles. The first-order valence-corrected chi connectivity index (χ1v) is 14.7. The molecule has 13 heteroatoms. The van der Waals surface area contributed by atoms with E-state index in [0.29, 0.717) is 30.6 Å². The molecule has 11 nitrogen and oxygen atoms in total. The lowest BCUT2D eigenvalue weighted by Gasteiger charge is -2.33. The van der Waals surface area contributed by atoms with Crippen LogP contribution in [0.15, 0.2) is 12.4 Å². The number of thiocarbonyl (C=S) groups is 1. The zero-order valence-corrected chi connectivity index (χ0v) is 22.1. The zero-order valence-electron chi connectivity index (χ0n) is 20.4. The Kier molecular flexibility index (Phi) is 12.5. The summed E-state index contributed by atoms with van der Waals surface area (Å²) in [6, 6.07) is -0.0417. The normalized spacial score (nSPS) is 18.0. The number of aromatic nitrogens is 3. The standard InChI is InChI=1S/C22H39N7O4S2/c30-35(31,19-7-2-1-6-10-24-22(34)26-21-23-11-12-25-27-21)29(20-8-4-3-5-9-20)33-18-15-28-13-16-32-17-14-28/h11-12,20H,1-10,13-19H2,(H2,23,24,26,27,34). The Morgan fingerprint density at radius 2 is 1.91 bits per heavy atom. The van der Waals surface area contributed by atoms with E-state index < -0.39 is 10.0 Å². The van der Waals surface area contributed by atoms with Crippen LogP contribution in [0.5, 0.6) is 0 Å². The lowest BCUT2D eigenvalue weighted by Crippen LogP contribution is -2.45. The molecule has 1 aromatic heterocycles. The van der Waals surface area contributed by atoms with Crippen LogP contribution in [0.3, 0.4) is 0 Å². The molecular formula is C22H39N7O4S2. The first-order valence-electron chi connectivity index (χ1n) is 12.7. The van der Waals surface area contributed by atoms with Gasteiger partial charge < -0.3 is 10.1 Å². The van der Waals surface area contributed by atoms with Crippen molar-refractivity contribution < 1.29 is 18.0 Å². The second-order valence-corrected chi connectivity index (χ2v) is 11.3. The summed E-state index contributed by atoms with van der Waals surface area (Å²) in [6.45, 7) is 4.98. The van der Waals surface area contributed by atoms with Crippen molar-refractivity contribution in [2.24, 2.45) is 0 Å². The van der Waals surface area contributed by atoms with Crippen LogP contribution >= 0.6 is 12.2 Å². The third-order valence-corrected chi connectivity index (χ3v) is 8.20. The summed E-state index contributed by atoms with van der Waals surface area (Å²) in [6.07, 6.45) is 11.3. The number of rotatable bonds is 14. The maximum Gasteiger partial charge on any atom is 0.248 e. The third-order valence-electron chi connectivity index (χ3n) is 6.20. The van der Waals surface area contributed by atoms with Gasteiger partial charge in [0.15, 0.2) is 5.11 Å². The fourth-order valence-corrected chi connectivity index (χ4v) is 6.14. The van der Waals surface area contributed by atoms with E-state index in [2.05, 4.69) is 30.7 Å². The average molecular weight is 530 g/mol. The second-order valence-electron chi connectivity index (χ2n) is 8.91. The highest BCUT2D eigenvalue weighted by Crippen LogP contribution is 2.26. The van der Waals surface area contributed by atoms with Gasteiger partial charge in [-0.2, -0.15) is 5.10 Å². The molecule has 3 rings (SSSR count). The molecule has 0 atom stereocenters. The minimum Gasteiger partial charge on any atom is -0.379 e. The van der Waals surface area contributed by atoms with E-state index in [1.165, 1.54) is 23.3 Å². The molecule has 0 spiro atoms. The summed E-state index contributed by atoms with van der Waals surface area (Å²) in [7, 11) is -3.46. The molecule has 1 aliphatic heterocycles. The van der Waals surface area contributed by atoms with Crippen LogP contribution in [0, 0.1) is 0 Å². The number of nitrogens with zero attached hydrogens (tertiary/aromatic N) is 5. The SMILES string of the molecule is O=S(=O)(CCCCCCNC(=S)Nc1nccnn1)N(OCCN1CCOCC1)C1CCCCC1. The number of sulfonamides is 1.